The van der Waals surface area contributed by atoms with Crippen molar-refractivity contribution in [1.82, 2.24) is 0 Å². The van der Waals surface area contributed by atoms with Gasteiger partial charge in [0.05, 0.1) is 11.3 Å². The normalized spacial score (nSPS) is 11.7. The third-order valence-electron chi connectivity index (χ3n) is 3.47. The van der Waals surface area contributed by atoms with Gasteiger partial charge in [-0.2, -0.15) is 5.26 Å². The predicted octanol–water partition coefficient (Wildman–Crippen LogP) is 4.45. The number of nitrogens with two attached hydrogens (primary N) is 1. The smallest absolute Gasteiger partial charge is 0.151 e. The van der Waals surface area contributed by atoms with Gasteiger partial charge in [-0.3, -0.25) is 0 Å². The number of nitrogens with zero attached hydrogens (tertiary/aromatic N) is 1. The van der Waals surface area contributed by atoms with E-state index in [0.29, 0.717) is 22.9 Å². The molecule has 2 aromatic rings. The minimum atomic E-state index is 0.383. The average molecular weight is 266 g/mol. The molecule has 0 fully saturated rings. The molecule has 0 saturated carbocycles. The molecule has 1 atom stereocenters. The SMILES string of the molecule is CCC(C)c1ccccc1Oc1cccc(C#N)c1N. The molecule has 3 nitrogen and oxygen atoms in total. The topological polar surface area (TPSA) is 59.0 Å². The Bertz CT molecular complexity index is 644. The lowest BCUT2D eigenvalue weighted by molar-refractivity contribution is 0.472. The highest BCUT2D eigenvalue weighted by atomic mass is 16.5. The van der Waals surface area contributed by atoms with Crippen molar-refractivity contribution in [2.45, 2.75) is 26.2 Å². The van der Waals surface area contributed by atoms with Gasteiger partial charge in [0.15, 0.2) is 5.75 Å². The Hall–Kier alpha value is -2.47. The monoisotopic (exact) mass is 266 g/mol. The molecule has 0 radical (unpaired) electrons. The van der Waals surface area contributed by atoms with E-state index in [1.165, 1.54) is 0 Å². The Morgan fingerprint density at radius 2 is 1.85 bits per heavy atom. The van der Waals surface area contributed by atoms with Crippen molar-refractivity contribution in [3.05, 3.63) is 53.6 Å². The summed E-state index contributed by atoms with van der Waals surface area (Å²) < 4.78 is 5.93. The zero-order valence-corrected chi connectivity index (χ0v) is 11.8. The summed E-state index contributed by atoms with van der Waals surface area (Å²) in [7, 11) is 0. The van der Waals surface area contributed by atoms with Crippen molar-refractivity contribution in [3.63, 3.8) is 0 Å². The maximum atomic E-state index is 9.00. The van der Waals surface area contributed by atoms with Crippen LogP contribution >= 0.6 is 0 Å². The number of nitrogen functional groups attached to an aromatic ring is 1. The van der Waals surface area contributed by atoms with Crippen LogP contribution in [0.15, 0.2) is 42.5 Å². The van der Waals surface area contributed by atoms with Crippen LogP contribution in [0.2, 0.25) is 0 Å². The molecule has 2 rings (SSSR count). The Morgan fingerprint density at radius 3 is 2.55 bits per heavy atom. The fourth-order valence-electron chi connectivity index (χ4n) is 2.05. The summed E-state index contributed by atoms with van der Waals surface area (Å²) in [6, 6.07) is 15.2. The van der Waals surface area contributed by atoms with Gasteiger partial charge in [0.1, 0.15) is 11.8 Å². The zero-order valence-electron chi connectivity index (χ0n) is 11.8. The molecule has 1 unspecified atom stereocenters. The van der Waals surface area contributed by atoms with Crippen LogP contribution < -0.4 is 10.5 Å². The fourth-order valence-corrected chi connectivity index (χ4v) is 2.05. The van der Waals surface area contributed by atoms with Crippen LogP contribution in [0, 0.1) is 11.3 Å². The highest BCUT2D eigenvalue weighted by Gasteiger charge is 2.12. The summed E-state index contributed by atoms with van der Waals surface area (Å²) in [6.07, 6.45) is 1.04. The zero-order chi connectivity index (χ0) is 14.5. The molecule has 102 valence electrons. The number of benzene rings is 2. The van der Waals surface area contributed by atoms with Gasteiger partial charge >= 0.3 is 0 Å². The molecule has 0 aromatic heterocycles. The molecule has 0 heterocycles. The summed E-state index contributed by atoms with van der Waals surface area (Å²) >= 11 is 0. The molecule has 0 aliphatic carbocycles. The summed E-state index contributed by atoms with van der Waals surface area (Å²) in [5.41, 5.74) is 7.92. The van der Waals surface area contributed by atoms with Crippen molar-refractivity contribution in [1.29, 1.82) is 5.26 Å². The summed E-state index contributed by atoms with van der Waals surface area (Å²) in [6.45, 7) is 4.31. The Labute approximate surface area is 119 Å². The average Bonchev–Trinajstić information content (AvgIpc) is 2.49. The fraction of sp³-hybridized carbons (Fsp3) is 0.235. The third-order valence-corrected chi connectivity index (χ3v) is 3.47. The molecule has 2 N–H and O–H groups in total. The van der Waals surface area contributed by atoms with Crippen molar-refractivity contribution in [2.75, 3.05) is 5.73 Å². The first-order valence-corrected chi connectivity index (χ1v) is 6.72. The van der Waals surface area contributed by atoms with Crippen molar-refractivity contribution in [3.8, 4) is 17.6 Å². The van der Waals surface area contributed by atoms with Crippen LogP contribution in [0.4, 0.5) is 5.69 Å². The number of para-hydroxylation sites is 2. The van der Waals surface area contributed by atoms with Crippen molar-refractivity contribution in [2.24, 2.45) is 0 Å². The van der Waals surface area contributed by atoms with E-state index < -0.39 is 0 Å². The Balaban J connectivity index is 2.39. The first-order valence-electron chi connectivity index (χ1n) is 6.72. The second-order valence-corrected chi connectivity index (χ2v) is 4.78. The Morgan fingerprint density at radius 1 is 1.15 bits per heavy atom. The molecule has 0 spiro atoms. The number of ether oxygens (including phenoxy) is 1. The maximum Gasteiger partial charge on any atom is 0.151 e. The van der Waals surface area contributed by atoms with Crippen molar-refractivity contribution < 1.29 is 4.74 Å². The van der Waals surface area contributed by atoms with E-state index in [1.54, 1.807) is 18.2 Å². The standard InChI is InChI=1S/C17H18N2O/c1-3-12(2)14-8-4-5-9-15(14)20-16-10-6-7-13(11-18)17(16)19/h4-10,12H,3,19H2,1-2H3. The van der Waals surface area contributed by atoms with Gasteiger partial charge < -0.3 is 10.5 Å². The maximum absolute atomic E-state index is 9.00. The molecule has 0 aliphatic rings. The number of nitriles is 1. The lowest BCUT2D eigenvalue weighted by atomic mass is 9.98. The molecular formula is C17H18N2O. The Kier molecular flexibility index (Phi) is 4.27. The van der Waals surface area contributed by atoms with Crippen LogP contribution in [0.1, 0.15) is 37.3 Å². The number of anilines is 1. The highest BCUT2D eigenvalue weighted by molar-refractivity contribution is 5.64. The van der Waals surface area contributed by atoms with E-state index in [2.05, 4.69) is 26.0 Å². The van der Waals surface area contributed by atoms with Gasteiger partial charge in [-0.1, -0.05) is 38.1 Å². The van der Waals surface area contributed by atoms with Gasteiger partial charge in [-0.25, -0.2) is 0 Å². The first-order chi connectivity index (χ1) is 9.67. The molecule has 2 aromatic carbocycles. The van der Waals surface area contributed by atoms with Crippen LogP contribution in [0.25, 0.3) is 0 Å². The molecule has 0 amide bonds. The third kappa shape index (κ3) is 2.75. The number of hydrogen-bond donors (Lipinski definition) is 1. The van der Waals surface area contributed by atoms with Gasteiger partial charge in [0, 0.05) is 0 Å². The lowest BCUT2D eigenvalue weighted by Gasteiger charge is -2.16. The number of rotatable bonds is 4. The van der Waals surface area contributed by atoms with Crippen LogP contribution in [0.3, 0.4) is 0 Å². The van der Waals surface area contributed by atoms with E-state index in [1.807, 2.05) is 18.2 Å². The minimum Gasteiger partial charge on any atom is -0.455 e. The van der Waals surface area contributed by atoms with Gasteiger partial charge in [-0.15, -0.1) is 0 Å². The van der Waals surface area contributed by atoms with E-state index >= 15 is 0 Å². The molecule has 0 aliphatic heterocycles. The summed E-state index contributed by atoms with van der Waals surface area (Å²) in [5.74, 6) is 1.73. The van der Waals surface area contributed by atoms with E-state index in [4.69, 9.17) is 15.7 Å². The first kappa shape index (κ1) is 14.0. The molecular weight excluding hydrogens is 248 g/mol. The van der Waals surface area contributed by atoms with Gasteiger partial charge in [-0.05, 0) is 36.1 Å². The number of hydrogen-bond acceptors (Lipinski definition) is 3. The van der Waals surface area contributed by atoms with E-state index in [-0.39, 0.29) is 0 Å². The van der Waals surface area contributed by atoms with Crippen LogP contribution in [-0.2, 0) is 0 Å². The largest absolute Gasteiger partial charge is 0.455 e. The van der Waals surface area contributed by atoms with Gasteiger partial charge in [0.25, 0.3) is 0 Å². The van der Waals surface area contributed by atoms with E-state index in [9.17, 15) is 0 Å². The second-order valence-electron chi connectivity index (χ2n) is 4.78. The minimum absolute atomic E-state index is 0.383. The van der Waals surface area contributed by atoms with Crippen LogP contribution in [0.5, 0.6) is 11.5 Å². The quantitative estimate of drug-likeness (QED) is 0.832. The predicted molar refractivity (Wildman–Crippen MR) is 80.8 cm³/mol. The summed E-state index contributed by atoms with van der Waals surface area (Å²) in [5, 5.41) is 9.00. The molecule has 0 saturated heterocycles. The highest BCUT2D eigenvalue weighted by Crippen LogP contribution is 2.35. The van der Waals surface area contributed by atoms with E-state index in [0.717, 1.165) is 17.7 Å². The molecule has 0 bridgehead atoms. The van der Waals surface area contributed by atoms with Crippen molar-refractivity contribution >= 4 is 5.69 Å². The second kappa shape index (κ2) is 6.12. The van der Waals surface area contributed by atoms with Gasteiger partial charge in [0.2, 0.25) is 0 Å². The lowest BCUT2D eigenvalue weighted by Crippen LogP contribution is -1.99. The molecule has 20 heavy (non-hydrogen) atoms. The van der Waals surface area contributed by atoms with Crippen LogP contribution in [-0.4, -0.2) is 0 Å². The summed E-state index contributed by atoms with van der Waals surface area (Å²) in [4.78, 5) is 0. The molecule has 3 heteroatoms.